The Kier molecular flexibility index (Phi) is 13.4. The number of hydrogen-bond acceptors (Lipinski definition) is 5. The van der Waals surface area contributed by atoms with Gasteiger partial charge in [-0.15, -0.1) is 30.6 Å². The third kappa shape index (κ3) is 11.8. The summed E-state index contributed by atoms with van der Waals surface area (Å²) < 4.78 is 16.6. The smallest absolute Gasteiger partial charge is 0.407 e. The van der Waals surface area contributed by atoms with Gasteiger partial charge < -0.3 is 29.4 Å². The average molecular weight is 562 g/mol. The Balaban J connectivity index is 0.00000512. The van der Waals surface area contributed by atoms with Crippen LogP contribution in [0, 0.1) is 0 Å². The molecule has 1 fully saturated rings. The zero-order chi connectivity index (χ0) is 22.5. The summed E-state index contributed by atoms with van der Waals surface area (Å²) in [7, 11) is 0. The zero-order valence-electron chi connectivity index (χ0n) is 19.6. The molecule has 1 aromatic rings. The summed E-state index contributed by atoms with van der Waals surface area (Å²) >= 11 is 0. The Morgan fingerprint density at radius 3 is 2.72 bits per heavy atom. The first-order valence-electron chi connectivity index (χ1n) is 11.1. The highest BCUT2D eigenvalue weighted by Gasteiger charge is 2.22. The minimum Gasteiger partial charge on any atom is -0.469 e. The molecule has 9 heteroatoms. The van der Waals surface area contributed by atoms with Gasteiger partial charge in [-0.25, -0.2) is 4.79 Å². The molecule has 0 atom stereocenters. The summed E-state index contributed by atoms with van der Waals surface area (Å²) in [6.07, 6.45) is 6.83. The Labute approximate surface area is 209 Å². The molecule has 0 aliphatic carbocycles. The molecule has 0 bridgehead atoms. The van der Waals surface area contributed by atoms with Crippen molar-refractivity contribution in [3.05, 3.63) is 36.8 Å². The maximum absolute atomic E-state index is 11.6. The van der Waals surface area contributed by atoms with E-state index in [1.807, 2.05) is 39.0 Å². The molecule has 0 saturated carbocycles. The van der Waals surface area contributed by atoms with Gasteiger partial charge in [0.25, 0.3) is 0 Å². The quantitative estimate of drug-likeness (QED) is 0.148. The highest BCUT2D eigenvalue weighted by molar-refractivity contribution is 14.0. The third-order valence-electron chi connectivity index (χ3n) is 4.69. The first-order valence-corrected chi connectivity index (χ1v) is 11.1. The van der Waals surface area contributed by atoms with Crippen LogP contribution < -0.4 is 10.6 Å². The van der Waals surface area contributed by atoms with Gasteiger partial charge in [0.2, 0.25) is 0 Å². The molecule has 2 rings (SSSR count). The lowest BCUT2D eigenvalue weighted by Crippen LogP contribution is -2.47. The fourth-order valence-electron chi connectivity index (χ4n) is 3.22. The number of carbonyl (C=O) groups is 1. The summed E-state index contributed by atoms with van der Waals surface area (Å²) in [5.74, 6) is 1.85. The van der Waals surface area contributed by atoms with Gasteiger partial charge in [0, 0.05) is 45.8 Å². The van der Waals surface area contributed by atoms with Gasteiger partial charge in [0.05, 0.1) is 12.4 Å². The Morgan fingerprint density at radius 2 is 2.09 bits per heavy atom. The summed E-state index contributed by atoms with van der Waals surface area (Å²) in [6.45, 7) is 13.7. The lowest BCUT2D eigenvalue weighted by Gasteiger charge is -2.34. The summed E-state index contributed by atoms with van der Waals surface area (Å²) in [5.41, 5.74) is -0.476. The number of carbonyl (C=O) groups excluding carboxylic acids is 1. The molecule has 0 unspecified atom stereocenters. The van der Waals surface area contributed by atoms with Crippen LogP contribution in [0.5, 0.6) is 0 Å². The number of nitrogens with one attached hydrogen (secondary N) is 2. The van der Waals surface area contributed by atoms with Crippen molar-refractivity contribution < 1.29 is 18.7 Å². The number of furan rings is 1. The summed E-state index contributed by atoms with van der Waals surface area (Å²) in [6, 6.07) is 3.87. The van der Waals surface area contributed by atoms with Crippen LogP contribution in [0.25, 0.3) is 0 Å². The molecule has 1 amide bonds. The molecular formula is C23H39IN4O4. The van der Waals surface area contributed by atoms with Gasteiger partial charge in [0.15, 0.2) is 5.96 Å². The minimum absolute atomic E-state index is 0. The Hall–Kier alpha value is -1.75. The number of rotatable bonds is 10. The molecule has 182 valence electrons. The second kappa shape index (κ2) is 15.2. The lowest BCUT2D eigenvalue weighted by atomic mass is 10.1. The van der Waals surface area contributed by atoms with E-state index < -0.39 is 5.60 Å². The van der Waals surface area contributed by atoms with Gasteiger partial charge in [-0.05, 0) is 52.2 Å². The van der Waals surface area contributed by atoms with Crippen LogP contribution in [0.3, 0.4) is 0 Å². The zero-order valence-corrected chi connectivity index (χ0v) is 21.9. The SMILES string of the molecule is C=CCNC(=NCCc1ccco1)N1CCC(OCCCNC(=O)OC(C)(C)C)CC1.I. The molecule has 1 saturated heterocycles. The van der Waals surface area contributed by atoms with E-state index in [0.29, 0.717) is 26.2 Å². The van der Waals surface area contributed by atoms with Crippen LogP contribution in [0.2, 0.25) is 0 Å². The second-order valence-corrected chi connectivity index (χ2v) is 8.54. The van der Waals surface area contributed by atoms with E-state index in [-0.39, 0.29) is 36.2 Å². The predicted octanol–water partition coefficient (Wildman–Crippen LogP) is 3.97. The van der Waals surface area contributed by atoms with Crippen molar-refractivity contribution in [2.24, 2.45) is 4.99 Å². The van der Waals surface area contributed by atoms with Crippen LogP contribution in [0.4, 0.5) is 4.79 Å². The molecule has 2 heterocycles. The van der Waals surface area contributed by atoms with E-state index in [9.17, 15) is 4.79 Å². The predicted molar refractivity (Wildman–Crippen MR) is 138 cm³/mol. The lowest BCUT2D eigenvalue weighted by molar-refractivity contribution is 0.0170. The standard InChI is InChI=1S/C23H38N4O4.HI/c1-5-12-24-21(25-14-9-19-8-6-17-29-19)27-15-10-20(11-16-27)30-18-7-13-26-22(28)31-23(2,3)4;/h5-6,8,17,20H,1,7,9-16,18H2,2-4H3,(H,24,25)(H,26,28);1H. The number of hydrogen-bond donors (Lipinski definition) is 2. The Morgan fingerprint density at radius 1 is 1.34 bits per heavy atom. The van der Waals surface area contributed by atoms with Crippen molar-refractivity contribution in [3.63, 3.8) is 0 Å². The maximum atomic E-state index is 11.6. The summed E-state index contributed by atoms with van der Waals surface area (Å²) in [5, 5.41) is 6.11. The third-order valence-corrected chi connectivity index (χ3v) is 4.69. The molecule has 8 nitrogen and oxygen atoms in total. The molecule has 2 N–H and O–H groups in total. The molecule has 1 aliphatic heterocycles. The van der Waals surface area contributed by atoms with Gasteiger partial charge in [0.1, 0.15) is 11.4 Å². The number of guanidine groups is 1. The van der Waals surface area contributed by atoms with E-state index >= 15 is 0 Å². The van der Waals surface area contributed by atoms with Crippen molar-refractivity contribution in [2.75, 3.05) is 39.3 Å². The number of alkyl carbamates (subject to hydrolysis) is 1. The van der Waals surface area contributed by atoms with Crippen molar-refractivity contribution >= 4 is 36.0 Å². The van der Waals surface area contributed by atoms with Crippen LogP contribution >= 0.6 is 24.0 Å². The van der Waals surface area contributed by atoms with E-state index in [2.05, 4.69) is 22.1 Å². The van der Waals surface area contributed by atoms with Crippen LogP contribution in [0.15, 0.2) is 40.5 Å². The molecule has 0 radical (unpaired) electrons. The number of aliphatic imine (C=N–C) groups is 1. The van der Waals surface area contributed by atoms with Crippen molar-refractivity contribution in [2.45, 2.75) is 58.2 Å². The fraction of sp³-hybridized carbons (Fsp3) is 0.652. The number of amides is 1. The van der Waals surface area contributed by atoms with Crippen LogP contribution in [-0.2, 0) is 15.9 Å². The van der Waals surface area contributed by atoms with Gasteiger partial charge in [-0.2, -0.15) is 0 Å². The first-order chi connectivity index (χ1) is 14.9. The molecule has 32 heavy (non-hydrogen) atoms. The molecule has 0 aromatic carbocycles. The monoisotopic (exact) mass is 562 g/mol. The maximum Gasteiger partial charge on any atom is 0.407 e. The summed E-state index contributed by atoms with van der Waals surface area (Å²) in [4.78, 5) is 18.6. The Bertz CT molecular complexity index is 681. The van der Waals surface area contributed by atoms with E-state index in [1.165, 1.54) is 0 Å². The first kappa shape index (κ1) is 28.3. The van der Waals surface area contributed by atoms with Gasteiger partial charge in [-0.1, -0.05) is 6.08 Å². The average Bonchev–Trinajstić information content (AvgIpc) is 3.23. The normalized spacial score (nSPS) is 15.1. The largest absolute Gasteiger partial charge is 0.469 e. The number of piperidine rings is 1. The molecular weight excluding hydrogens is 523 g/mol. The van der Waals surface area contributed by atoms with Crippen LogP contribution in [0.1, 0.15) is 45.8 Å². The fourth-order valence-corrected chi connectivity index (χ4v) is 3.22. The van der Waals surface area contributed by atoms with Gasteiger partial charge >= 0.3 is 6.09 Å². The topological polar surface area (TPSA) is 88.3 Å². The number of likely N-dealkylation sites (tertiary alicyclic amines) is 1. The van der Waals surface area contributed by atoms with Crippen molar-refractivity contribution in [3.8, 4) is 0 Å². The molecule has 1 aromatic heterocycles. The van der Waals surface area contributed by atoms with E-state index in [0.717, 1.165) is 50.5 Å². The minimum atomic E-state index is -0.476. The van der Waals surface area contributed by atoms with Gasteiger partial charge in [-0.3, -0.25) is 4.99 Å². The number of ether oxygens (including phenoxy) is 2. The number of nitrogens with zero attached hydrogens (tertiary/aromatic N) is 2. The van der Waals surface area contributed by atoms with Crippen LogP contribution in [-0.4, -0.2) is 68.0 Å². The molecule has 0 spiro atoms. The van der Waals surface area contributed by atoms with E-state index in [1.54, 1.807) is 6.26 Å². The second-order valence-electron chi connectivity index (χ2n) is 8.54. The van der Waals surface area contributed by atoms with E-state index in [4.69, 9.17) is 18.9 Å². The highest BCUT2D eigenvalue weighted by Crippen LogP contribution is 2.14. The van der Waals surface area contributed by atoms with Crippen molar-refractivity contribution in [1.29, 1.82) is 0 Å². The molecule has 1 aliphatic rings. The number of halogens is 1. The highest BCUT2D eigenvalue weighted by atomic mass is 127. The van der Waals surface area contributed by atoms with Crippen molar-refractivity contribution in [1.82, 2.24) is 15.5 Å².